The first-order valence-electron chi connectivity index (χ1n) is 13.9. The van der Waals surface area contributed by atoms with E-state index in [0.717, 1.165) is 25.7 Å². The van der Waals surface area contributed by atoms with E-state index in [0.29, 0.717) is 19.4 Å². The minimum Gasteiger partial charge on any atom is -0.347 e. The summed E-state index contributed by atoms with van der Waals surface area (Å²) < 4.78 is 22.2. The van der Waals surface area contributed by atoms with Crippen LogP contribution in [0.25, 0.3) is 0 Å². The number of Topliss-reactive ketones (excluding diaryl/α,β-unsaturated/α-hetero) is 1. The fraction of sp³-hybridized carbons (Fsp3) is 0.962. The summed E-state index contributed by atoms with van der Waals surface area (Å²) in [5.74, 6) is 0.203. The number of phosphoric acid groups is 1. The van der Waals surface area contributed by atoms with Crippen molar-refractivity contribution in [2.75, 3.05) is 26.8 Å². The van der Waals surface area contributed by atoms with E-state index in [2.05, 4.69) is 6.92 Å². The summed E-state index contributed by atoms with van der Waals surface area (Å²) in [6, 6.07) is 0. The molecule has 0 rings (SSSR count). The average molecular weight is 493 g/mol. The second-order valence-electron chi connectivity index (χ2n) is 9.54. The predicted octanol–water partition coefficient (Wildman–Crippen LogP) is 6.56. The van der Waals surface area contributed by atoms with Crippen LogP contribution in [0.4, 0.5) is 0 Å². The van der Waals surface area contributed by atoms with Crippen LogP contribution in [0.2, 0.25) is 0 Å². The molecule has 0 aliphatic carbocycles. The molecule has 0 aliphatic heterocycles. The summed E-state index contributed by atoms with van der Waals surface area (Å²) in [7, 11) is -2.17. The Morgan fingerprint density at radius 3 is 1.82 bits per heavy atom. The van der Waals surface area contributed by atoms with Gasteiger partial charge in [-0.1, -0.05) is 104 Å². The number of ketones is 1. The molecule has 198 valence electrons. The highest BCUT2D eigenvalue weighted by molar-refractivity contribution is 7.47. The van der Waals surface area contributed by atoms with E-state index in [-0.39, 0.29) is 24.9 Å². The molecule has 0 fully saturated rings. The Bertz CT molecular complexity index is 489. The summed E-state index contributed by atoms with van der Waals surface area (Å²) in [5, 5.41) is 1.88. The zero-order valence-corrected chi connectivity index (χ0v) is 22.9. The number of rotatable bonds is 26. The lowest BCUT2D eigenvalue weighted by Gasteiger charge is -2.18. The number of unbranched alkanes of at least 4 members (excludes halogenated alkanes) is 13. The van der Waals surface area contributed by atoms with Crippen LogP contribution in [0.15, 0.2) is 0 Å². The van der Waals surface area contributed by atoms with Crippen LogP contribution in [-0.4, -0.2) is 37.5 Å². The van der Waals surface area contributed by atoms with Gasteiger partial charge < -0.3 is 10.2 Å². The number of quaternary nitrogens is 1. The highest BCUT2D eigenvalue weighted by Gasteiger charge is 2.24. The van der Waals surface area contributed by atoms with Crippen molar-refractivity contribution in [2.45, 2.75) is 129 Å². The number of carbonyl (C=O) groups excluding carboxylic acids is 1. The number of carbonyl (C=O) groups is 1. The van der Waals surface area contributed by atoms with E-state index in [1.165, 1.54) is 77.0 Å². The normalized spacial score (nSPS) is 14.3. The smallest absolute Gasteiger partial charge is 0.347 e. The molecule has 0 aliphatic rings. The first kappa shape index (κ1) is 32.7. The fourth-order valence-electron chi connectivity index (χ4n) is 4.10. The van der Waals surface area contributed by atoms with Gasteiger partial charge >= 0.3 is 7.82 Å². The number of hydrogen-bond donors (Lipinski definition) is 2. The monoisotopic (exact) mass is 492 g/mol. The zero-order valence-electron chi connectivity index (χ0n) is 22.0. The van der Waals surface area contributed by atoms with Gasteiger partial charge in [-0.2, -0.15) is 0 Å². The van der Waals surface area contributed by atoms with Gasteiger partial charge in [0.05, 0.1) is 20.2 Å². The molecule has 6 nitrogen and oxygen atoms in total. The highest BCUT2D eigenvalue weighted by Crippen LogP contribution is 2.43. The second-order valence-corrected chi connectivity index (χ2v) is 11.0. The summed E-state index contributed by atoms with van der Waals surface area (Å²) >= 11 is 0. The van der Waals surface area contributed by atoms with Gasteiger partial charge in [0.1, 0.15) is 12.4 Å². The molecule has 0 radical (unpaired) electrons. The van der Waals surface area contributed by atoms with E-state index in [9.17, 15) is 14.3 Å². The number of nitrogens with two attached hydrogens (primary N) is 1. The van der Waals surface area contributed by atoms with Gasteiger partial charge in [0.2, 0.25) is 0 Å². The predicted molar refractivity (Wildman–Crippen MR) is 137 cm³/mol. The Morgan fingerprint density at radius 1 is 0.818 bits per heavy atom. The number of hydrogen-bond acceptors (Lipinski definition) is 4. The quantitative estimate of drug-likeness (QED) is 0.105. The lowest BCUT2D eigenvalue weighted by Crippen LogP contribution is -2.80. The van der Waals surface area contributed by atoms with Crippen LogP contribution >= 0.6 is 7.82 Å². The highest BCUT2D eigenvalue weighted by atomic mass is 31.2. The first-order valence-corrected chi connectivity index (χ1v) is 15.4. The molecule has 33 heavy (non-hydrogen) atoms. The molecule has 0 amide bonds. The third kappa shape index (κ3) is 23.3. The molecular formula is C26H55NO5P+. The summed E-state index contributed by atoms with van der Waals surface area (Å²) in [6.07, 6.45) is 21.1. The van der Waals surface area contributed by atoms with E-state index in [1.54, 1.807) is 0 Å². The van der Waals surface area contributed by atoms with E-state index in [4.69, 9.17) is 9.05 Å². The molecule has 2 atom stereocenters. The van der Waals surface area contributed by atoms with Crippen LogP contribution in [0.5, 0.6) is 0 Å². The van der Waals surface area contributed by atoms with Crippen LogP contribution in [0, 0.1) is 5.92 Å². The summed E-state index contributed by atoms with van der Waals surface area (Å²) in [5.41, 5.74) is 0. The molecule has 0 aromatic carbocycles. The first-order chi connectivity index (χ1) is 15.9. The van der Waals surface area contributed by atoms with E-state index in [1.807, 2.05) is 19.3 Å². The second kappa shape index (κ2) is 23.5. The molecule has 7 heteroatoms. The summed E-state index contributed by atoms with van der Waals surface area (Å²) in [4.78, 5) is 21.9. The molecule has 0 saturated carbocycles. The van der Waals surface area contributed by atoms with Gasteiger partial charge in [-0.05, 0) is 18.8 Å². The molecule has 0 aromatic heterocycles. The maximum atomic E-state index is 12.1. The molecule has 0 heterocycles. The topological polar surface area (TPSA) is 89.4 Å². The SMILES string of the molecule is CCCCCCCCCCCCCCCCC(COP(=O)(O)OCC[NH2+]C)CC(=O)CCC. The van der Waals surface area contributed by atoms with Crippen molar-refractivity contribution < 1.29 is 28.6 Å². The molecule has 3 N–H and O–H groups in total. The third-order valence-electron chi connectivity index (χ3n) is 6.15. The Kier molecular flexibility index (Phi) is 23.3. The van der Waals surface area contributed by atoms with Gasteiger partial charge in [-0.25, -0.2) is 4.57 Å². The van der Waals surface area contributed by atoms with E-state index >= 15 is 0 Å². The van der Waals surface area contributed by atoms with Crippen LogP contribution in [0.3, 0.4) is 0 Å². The van der Waals surface area contributed by atoms with Gasteiger partial charge in [-0.3, -0.25) is 13.8 Å². The van der Waals surface area contributed by atoms with Gasteiger partial charge in [0.15, 0.2) is 0 Å². The van der Waals surface area contributed by atoms with Crippen molar-refractivity contribution >= 4 is 13.6 Å². The molecular weight excluding hydrogens is 437 g/mol. The average Bonchev–Trinajstić information content (AvgIpc) is 2.77. The zero-order chi connectivity index (χ0) is 24.6. The lowest BCUT2D eigenvalue weighted by atomic mass is 9.94. The van der Waals surface area contributed by atoms with Crippen molar-refractivity contribution in [1.29, 1.82) is 0 Å². The van der Waals surface area contributed by atoms with Crippen molar-refractivity contribution in [3.8, 4) is 0 Å². The van der Waals surface area contributed by atoms with Crippen molar-refractivity contribution in [2.24, 2.45) is 5.92 Å². The third-order valence-corrected chi connectivity index (χ3v) is 7.13. The maximum absolute atomic E-state index is 12.1. The lowest BCUT2D eigenvalue weighted by molar-refractivity contribution is -0.627. The molecule has 0 bridgehead atoms. The minimum atomic E-state index is -4.04. The largest absolute Gasteiger partial charge is 0.472 e. The van der Waals surface area contributed by atoms with Crippen LogP contribution in [-0.2, 0) is 18.4 Å². The molecule has 0 aromatic rings. The fourth-order valence-corrected chi connectivity index (χ4v) is 4.91. The van der Waals surface area contributed by atoms with Crippen molar-refractivity contribution in [1.82, 2.24) is 0 Å². The van der Waals surface area contributed by atoms with Gasteiger partial charge in [-0.15, -0.1) is 0 Å². The molecule has 0 spiro atoms. The van der Waals surface area contributed by atoms with Crippen molar-refractivity contribution in [3.63, 3.8) is 0 Å². The minimum absolute atomic E-state index is 0.0109. The maximum Gasteiger partial charge on any atom is 0.472 e. The Morgan fingerprint density at radius 2 is 1.33 bits per heavy atom. The molecule has 0 saturated heterocycles. The Labute approximate surface area is 204 Å². The molecule has 2 unspecified atom stereocenters. The Balaban J connectivity index is 3.93. The van der Waals surface area contributed by atoms with Crippen molar-refractivity contribution in [3.05, 3.63) is 0 Å². The van der Waals surface area contributed by atoms with Gasteiger partial charge in [0, 0.05) is 12.8 Å². The number of phosphoric ester groups is 1. The standard InChI is InChI=1S/C26H54NO5P/c1-4-6-7-8-9-10-11-12-13-14-15-16-17-18-20-25(23-26(28)19-5-2)24-32-33(29,30)31-22-21-27-3/h25,27H,4-24H2,1-3H3,(H,29,30)/p+1. The number of likely N-dealkylation sites (N-methyl/N-ethyl adjacent to an activating group) is 1. The van der Waals surface area contributed by atoms with Gasteiger partial charge in [0.25, 0.3) is 0 Å². The summed E-state index contributed by atoms with van der Waals surface area (Å²) in [6.45, 7) is 5.14. The van der Waals surface area contributed by atoms with Crippen LogP contribution < -0.4 is 5.32 Å². The van der Waals surface area contributed by atoms with E-state index < -0.39 is 7.82 Å². The van der Waals surface area contributed by atoms with Crippen LogP contribution in [0.1, 0.15) is 129 Å². The Hall–Kier alpha value is -0.260.